The first kappa shape index (κ1) is 29.8. The molecule has 1 heterocycles. The van der Waals surface area contributed by atoms with Gasteiger partial charge in [0.05, 0.1) is 6.54 Å². The fraction of sp³-hybridized carbons (Fsp3) is 0.226. The molecule has 11 heteroatoms. The summed E-state index contributed by atoms with van der Waals surface area (Å²) in [5.74, 6) is -3.08. The SMILES string of the molecule is NCC(=O)NC(Cc1ccc(O)cc1)C(=O)NC(Cc1ccccc1)C(=O)NC(Cc1c[nH]c2ccccc12)C(=O)O. The molecule has 42 heavy (non-hydrogen) atoms. The number of hydrogen-bond donors (Lipinski definition) is 7. The molecular weight excluding hydrogens is 538 g/mol. The summed E-state index contributed by atoms with van der Waals surface area (Å²) in [5, 5.41) is 28.3. The Balaban J connectivity index is 1.55. The van der Waals surface area contributed by atoms with Gasteiger partial charge in [0.15, 0.2) is 0 Å². The van der Waals surface area contributed by atoms with Crippen LogP contribution in [-0.4, -0.2) is 63.6 Å². The van der Waals surface area contributed by atoms with Crippen LogP contribution in [0.2, 0.25) is 0 Å². The number of hydrogen-bond acceptors (Lipinski definition) is 6. The van der Waals surface area contributed by atoms with Gasteiger partial charge in [0.25, 0.3) is 0 Å². The van der Waals surface area contributed by atoms with Crippen LogP contribution in [0.4, 0.5) is 0 Å². The van der Waals surface area contributed by atoms with E-state index in [1.807, 2.05) is 30.3 Å². The first-order valence-corrected chi connectivity index (χ1v) is 13.4. The molecule has 0 radical (unpaired) electrons. The number of aromatic hydroxyl groups is 1. The number of carbonyl (C=O) groups is 4. The Bertz CT molecular complexity index is 1540. The lowest BCUT2D eigenvalue weighted by Crippen LogP contribution is -2.57. The van der Waals surface area contributed by atoms with Gasteiger partial charge in [-0.05, 0) is 34.9 Å². The van der Waals surface area contributed by atoms with Crippen LogP contribution in [0.25, 0.3) is 10.9 Å². The Labute approximate surface area is 242 Å². The Morgan fingerprint density at radius 3 is 1.93 bits per heavy atom. The molecule has 1 aromatic heterocycles. The molecule has 0 spiro atoms. The molecule has 3 unspecified atom stereocenters. The Morgan fingerprint density at radius 2 is 1.29 bits per heavy atom. The number of amides is 3. The number of carboxylic acids is 1. The van der Waals surface area contributed by atoms with E-state index in [1.54, 1.807) is 42.6 Å². The highest BCUT2D eigenvalue weighted by molar-refractivity contribution is 5.94. The molecule has 4 aromatic rings. The zero-order valence-corrected chi connectivity index (χ0v) is 22.7. The van der Waals surface area contributed by atoms with E-state index >= 15 is 0 Å². The van der Waals surface area contributed by atoms with Gasteiger partial charge in [0.1, 0.15) is 23.9 Å². The quantitative estimate of drug-likeness (QED) is 0.126. The maximum Gasteiger partial charge on any atom is 0.326 e. The van der Waals surface area contributed by atoms with Crippen LogP contribution in [0.1, 0.15) is 16.7 Å². The molecule has 0 bridgehead atoms. The van der Waals surface area contributed by atoms with Crippen molar-refractivity contribution < 1.29 is 29.4 Å². The monoisotopic (exact) mass is 571 g/mol. The number of benzene rings is 3. The standard InChI is InChI=1S/C31H33N5O6/c32-17-28(38)34-25(15-20-10-12-22(37)13-11-20)29(39)35-26(14-19-6-2-1-3-7-19)30(40)36-27(31(41)42)16-21-18-33-24-9-5-4-8-23(21)24/h1-13,18,25-27,33,37H,14-17,32H2,(H,34,38)(H,35,39)(H,36,40)(H,41,42). The van der Waals surface area contributed by atoms with Crippen molar-refractivity contribution in [2.75, 3.05) is 6.54 Å². The summed E-state index contributed by atoms with van der Waals surface area (Å²) in [7, 11) is 0. The number of aromatic amines is 1. The van der Waals surface area contributed by atoms with Gasteiger partial charge < -0.3 is 36.9 Å². The average Bonchev–Trinajstić information content (AvgIpc) is 3.40. The second-order valence-electron chi connectivity index (χ2n) is 9.91. The highest BCUT2D eigenvalue weighted by atomic mass is 16.4. The third-order valence-corrected chi connectivity index (χ3v) is 6.84. The molecular formula is C31H33N5O6. The van der Waals surface area contributed by atoms with Crippen molar-refractivity contribution in [2.45, 2.75) is 37.4 Å². The van der Waals surface area contributed by atoms with Crippen LogP contribution in [0.15, 0.2) is 85.1 Å². The zero-order chi connectivity index (χ0) is 30.1. The van der Waals surface area contributed by atoms with Crippen molar-refractivity contribution in [3.8, 4) is 5.75 Å². The smallest absolute Gasteiger partial charge is 0.326 e. The summed E-state index contributed by atoms with van der Waals surface area (Å²) in [5.41, 5.74) is 8.42. The highest BCUT2D eigenvalue weighted by Crippen LogP contribution is 2.19. The van der Waals surface area contributed by atoms with Crippen molar-refractivity contribution >= 4 is 34.6 Å². The predicted molar refractivity (Wildman–Crippen MR) is 156 cm³/mol. The number of carbonyl (C=O) groups excluding carboxylic acids is 3. The summed E-state index contributed by atoms with van der Waals surface area (Å²) in [6, 6.07) is 19.1. The molecule has 4 rings (SSSR count). The molecule has 11 nitrogen and oxygen atoms in total. The largest absolute Gasteiger partial charge is 0.508 e. The number of rotatable bonds is 13. The van der Waals surface area contributed by atoms with Crippen LogP contribution in [0, 0.1) is 0 Å². The van der Waals surface area contributed by atoms with E-state index in [0.29, 0.717) is 5.56 Å². The molecule has 0 aliphatic carbocycles. The molecule has 3 aromatic carbocycles. The number of nitrogens with one attached hydrogen (secondary N) is 4. The summed E-state index contributed by atoms with van der Waals surface area (Å²) in [4.78, 5) is 54.5. The van der Waals surface area contributed by atoms with Gasteiger partial charge in [-0.3, -0.25) is 14.4 Å². The zero-order valence-electron chi connectivity index (χ0n) is 22.7. The summed E-state index contributed by atoms with van der Waals surface area (Å²) < 4.78 is 0. The summed E-state index contributed by atoms with van der Waals surface area (Å²) >= 11 is 0. The number of carboxylic acid groups (broad SMARTS) is 1. The molecule has 0 saturated heterocycles. The number of nitrogens with two attached hydrogens (primary N) is 1. The fourth-order valence-electron chi connectivity index (χ4n) is 4.65. The van der Waals surface area contributed by atoms with Gasteiger partial charge in [-0.1, -0.05) is 60.7 Å². The number of fused-ring (bicyclic) bond motifs is 1. The normalized spacial score (nSPS) is 13.1. The van der Waals surface area contributed by atoms with Crippen LogP contribution in [0.5, 0.6) is 5.75 Å². The topological polar surface area (TPSA) is 187 Å². The second kappa shape index (κ2) is 14.0. The third kappa shape index (κ3) is 7.95. The number of phenols is 1. The van der Waals surface area contributed by atoms with E-state index in [9.17, 15) is 29.4 Å². The Hall–Kier alpha value is -5.16. The lowest BCUT2D eigenvalue weighted by molar-refractivity contribution is -0.142. The maximum atomic E-state index is 13.6. The number of aromatic nitrogens is 1. The lowest BCUT2D eigenvalue weighted by atomic mass is 10.0. The minimum Gasteiger partial charge on any atom is -0.508 e. The lowest BCUT2D eigenvalue weighted by Gasteiger charge is -2.25. The Morgan fingerprint density at radius 1 is 0.714 bits per heavy atom. The number of phenolic OH excluding ortho intramolecular Hbond substituents is 1. The molecule has 3 amide bonds. The van der Waals surface area contributed by atoms with Crippen molar-refractivity contribution in [1.29, 1.82) is 0 Å². The van der Waals surface area contributed by atoms with Crippen molar-refractivity contribution in [1.82, 2.24) is 20.9 Å². The van der Waals surface area contributed by atoms with E-state index in [0.717, 1.165) is 22.0 Å². The number of para-hydroxylation sites is 1. The fourth-order valence-corrected chi connectivity index (χ4v) is 4.65. The predicted octanol–water partition coefficient (Wildman–Crippen LogP) is 1.40. The average molecular weight is 572 g/mol. The molecule has 8 N–H and O–H groups in total. The molecule has 218 valence electrons. The van der Waals surface area contributed by atoms with E-state index in [4.69, 9.17) is 5.73 Å². The van der Waals surface area contributed by atoms with Gasteiger partial charge in [-0.2, -0.15) is 0 Å². The molecule has 0 aliphatic heterocycles. The first-order valence-electron chi connectivity index (χ1n) is 13.4. The van der Waals surface area contributed by atoms with E-state index in [-0.39, 0.29) is 31.6 Å². The van der Waals surface area contributed by atoms with Gasteiger partial charge in [-0.15, -0.1) is 0 Å². The van der Waals surface area contributed by atoms with Crippen LogP contribution in [-0.2, 0) is 38.4 Å². The summed E-state index contributed by atoms with van der Waals surface area (Å²) in [6.07, 6.45) is 1.88. The molecule has 0 saturated carbocycles. The van der Waals surface area contributed by atoms with Gasteiger partial charge >= 0.3 is 5.97 Å². The van der Waals surface area contributed by atoms with Crippen LogP contribution in [0.3, 0.4) is 0 Å². The van der Waals surface area contributed by atoms with Crippen LogP contribution < -0.4 is 21.7 Å². The van der Waals surface area contributed by atoms with Crippen LogP contribution >= 0.6 is 0 Å². The second-order valence-corrected chi connectivity index (χ2v) is 9.91. The number of H-pyrrole nitrogens is 1. The number of aliphatic carboxylic acids is 1. The van der Waals surface area contributed by atoms with E-state index < -0.39 is 41.8 Å². The Kier molecular flexibility index (Phi) is 9.90. The maximum absolute atomic E-state index is 13.6. The van der Waals surface area contributed by atoms with Crippen molar-refractivity contribution in [3.63, 3.8) is 0 Å². The van der Waals surface area contributed by atoms with Crippen molar-refractivity contribution in [2.24, 2.45) is 5.73 Å². The minimum absolute atomic E-state index is 0.0210. The van der Waals surface area contributed by atoms with Gasteiger partial charge in [0, 0.05) is 36.4 Å². The van der Waals surface area contributed by atoms with E-state index in [1.165, 1.54) is 12.1 Å². The molecule has 3 atom stereocenters. The third-order valence-electron chi connectivity index (χ3n) is 6.84. The van der Waals surface area contributed by atoms with E-state index in [2.05, 4.69) is 20.9 Å². The molecule has 0 fully saturated rings. The van der Waals surface area contributed by atoms with Gasteiger partial charge in [0.2, 0.25) is 17.7 Å². The first-order chi connectivity index (χ1) is 20.2. The summed E-state index contributed by atoms with van der Waals surface area (Å²) in [6.45, 7) is -0.346. The highest BCUT2D eigenvalue weighted by Gasteiger charge is 2.30. The van der Waals surface area contributed by atoms with Crippen molar-refractivity contribution in [3.05, 3.63) is 102 Å². The minimum atomic E-state index is -1.27. The molecule has 0 aliphatic rings. The van der Waals surface area contributed by atoms with Gasteiger partial charge in [-0.25, -0.2) is 4.79 Å².